The van der Waals surface area contributed by atoms with Crippen molar-refractivity contribution < 1.29 is 13.9 Å². The SMILES string of the molecule is CCc1ccc(C2CN(C(=O)c3ccccc3F)CCO2)cc1. The summed E-state index contributed by atoms with van der Waals surface area (Å²) in [5.41, 5.74) is 2.44. The zero-order chi connectivity index (χ0) is 16.2. The Balaban J connectivity index is 1.75. The van der Waals surface area contributed by atoms with Crippen LogP contribution in [-0.4, -0.2) is 30.5 Å². The quantitative estimate of drug-likeness (QED) is 0.866. The zero-order valence-corrected chi connectivity index (χ0v) is 13.2. The molecule has 4 heteroatoms. The Labute approximate surface area is 135 Å². The molecule has 0 aromatic heterocycles. The van der Waals surface area contributed by atoms with Gasteiger partial charge in [0.2, 0.25) is 0 Å². The Morgan fingerprint density at radius 2 is 1.96 bits per heavy atom. The van der Waals surface area contributed by atoms with Crippen LogP contribution in [0, 0.1) is 5.82 Å². The Bertz CT molecular complexity index is 684. The minimum absolute atomic E-state index is 0.120. The number of nitrogens with zero attached hydrogens (tertiary/aromatic N) is 1. The van der Waals surface area contributed by atoms with E-state index in [0.717, 1.165) is 12.0 Å². The lowest BCUT2D eigenvalue weighted by Crippen LogP contribution is -2.42. The summed E-state index contributed by atoms with van der Waals surface area (Å²) < 4.78 is 19.6. The summed E-state index contributed by atoms with van der Waals surface area (Å²) in [5, 5.41) is 0. The fraction of sp³-hybridized carbons (Fsp3) is 0.316. The first-order chi connectivity index (χ1) is 11.2. The molecule has 3 rings (SSSR count). The van der Waals surface area contributed by atoms with Gasteiger partial charge < -0.3 is 9.64 Å². The van der Waals surface area contributed by atoms with Crippen LogP contribution in [-0.2, 0) is 11.2 Å². The number of benzene rings is 2. The minimum Gasteiger partial charge on any atom is -0.370 e. The largest absolute Gasteiger partial charge is 0.370 e. The van der Waals surface area contributed by atoms with Crippen molar-refractivity contribution in [1.82, 2.24) is 4.90 Å². The molecule has 1 saturated heterocycles. The summed E-state index contributed by atoms with van der Waals surface area (Å²) in [6, 6.07) is 14.3. The fourth-order valence-electron chi connectivity index (χ4n) is 2.81. The van der Waals surface area contributed by atoms with Crippen LogP contribution in [0.25, 0.3) is 0 Å². The maximum atomic E-state index is 13.8. The van der Waals surface area contributed by atoms with Gasteiger partial charge in [-0.25, -0.2) is 4.39 Å². The average molecular weight is 313 g/mol. The first-order valence-electron chi connectivity index (χ1n) is 7.93. The van der Waals surface area contributed by atoms with E-state index in [2.05, 4.69) is 19.1 Å². The highest BCUT2D eigenvalue weighted by Gasteiger charge is 2.27. The van der Waals surface area contributed by atoms with E-state index in [1.54, 1.807) is 17.0 Å². The highest BCUT2D eigenvalue weighted by atomic mass is 19.1. The van der Waals surface area contributed by atoms with Crippen molar-refractivity contribution in [2.24, 2.45) is 0 Å². The standard InChI is InChI=1S/C19H20FNO2/c1-2-14-7-9-15(10-8-14)18-13-21(11-12-23-18)19(22)16-5-3-4-6-17(16)20/h3-10,18H,2,11-13H2,1H3. The fourth-order valence-corrected chi connectivity index (χ4v) is 2.81. The molecule has 2 aromatic carbocycles. The summed E-state index contributed by atoms with van der Waals surface area (Å²) in [4.78, 5) is 14.2. The first kappa shape index (κ1) is 15.7. The Morgan fingerprint density at radius 1 is 1.22 bits per heavy atom. The van der Waals surface area contributed by atoms with Crippen molar-refractivity contribution in [3.8, 4) is 0 Å². The van der Waals surface area contributed by atoms with E-state index in [-0.39, 0.29) is 17.6 Å². The van der Waals surface area contributed by atoms with Gasteiger partial charge in [-0.1, -0.05) is 43.3 Å². The number of amides is 1. The smallest absolute Gasteiger partial charge is 0.257 e. The van der Waals surface area contributed by atoms with Crippen molar-refractivity contribution in [3.05, 3.63) is 71.0 Å². The molecule has 0 spiro atoms. The maximum Gasteiger partial charge on any atom is 0.257 e. The van der Waals surface area contributed by atoms with E-state index in [1.807, 2.05) is 12.1 Å². The predicted octanol–water partition coefficient (Wildman–Crippen LogP) is 3.60. The molecule has 1 fully saturated rings. The van der Waals surface area contributed by atoms with Gasteiger partial charge >= 0.3 is 0 Å². The normalized spacial score (nSPS) is 18.0. The number of ether oxygens (including phenoxy) is 1. The Kier molecular flexibility index (Phi) is 4.72. The molecule has 0 N–H and O–H groups in total. The van der Waals surface area contributed by atoms with E-state index in [4.69, 9.17) is 4.74 Å². The molecule has 1 amide bonds. The van der Waals surface area contributed by atoms with E-state index in [9.17, 15) is 9.18 Å². The lowest BCUT2D eigenvalue weighted by atomic mass is 10.0. The summed E-state index contributed by atoms with van der Waals surface area (Å²) >= 11 is 0. The third kappa shape index (κ3) is 3.42. The van der Waals surface area contributed by atoms with E-state index < -0.39 is 5.82 Å². The van der Waals surface area contributed by atoms with E-state index >= 15 is 0 Å². The van der Waals surface area contributed by atoms with Gasteiger partial charge in [0, 0.05) is 6.54 Å². The Morgan fingerprint density at radius 3 is 2.65 bits per heavy atom. The Hall–Kier alpha value is -2.20. The van der Waals surface area contributed by atoms with Crippen LogP contribution in [0.15, 0.2) is 48.5 Å². The number of morpholine rings is 1. The van der Waals surface area contributed by atoms with Gasteiger partial charge in [0.25, 0.3) is 5.91 Å². The molecule has 0 saturated carbocycles. The number of hydrogen-bond donors (Lipinski definition) is 0. The summed E-state index contributed by atoms with van der Waals surface area (Å²) in [6.45, 7) is 3.50. The first-order valence-corrected chi connectivity index (χ1v) is 7.93. The number of hydrogen-bond acceptors (Lipinski definition) is 2. The third-order valence-corrected chi connectivity index (χ3v) is 4.22. The van der Waals surface area contributed by atoms with E-state index in [1.165, 1.54) is 17.7 Å². The molecule has 0 aliphatic carbocycles. The lowest BCUT2D eigenvalue weighted by molar-refractivity contribution is -0.0229. The number of aryl methyl sites for hydroxylation is 1. The van der Waals surface area contributed by atoms with Crippen LogP contribution in [0.2, 0.25) is 0 Å². The minimum atomic E-state index is -0.479. The van der Waals surface area contributed by atoms with Crippen LogP contribution >= 0.6 is 0 Å². The molecular formula is C19H20FNO2. The summed E-state index contributed by atoms with van der Waals surface area (Å²) in [5.74, 6) is -0.755. The highest BCUT2D eigenvalue weighted by Crippen LogP contribution is 2.24. The van der Waals surface area contributed by atoms with Crippen molar-refractivity contribution in [2.45, 2.75) is 19.4 Å². The van der Waals surface area contributed by atoms with Gasteiger partial charge in [0.15, 0.2) is 0 Å². The molecule has 120 valence electrons. The second kappa shape index (κ2) is 6.92. The number of carbonyl (C=O) groups excluding carboxylic acids is 1. The van der Waals surface area contributed by atoms with E-state index in [0.29, 0.717) is 19.7 Å². The summed E-state index contributed by atoms with van der Waals surface area (Å²) in [6.07, 6.45) is 0.828. The number of rotatable bonds is 3. The van der Waals surface area contributed by atoms with Gasteiger partial charge in [0.1, 0.15) is 11.9 Å². The zero-order valence-electron chi connectivity index (χ0n) is 13.2. The van der Waals surface area contributed by atoms with Gasteiger partial charge in [-0.2, -0.15) is 0 Å². The molecule has 2 aromatic rings. The maximum absolute atomic E-state index is 13.8. The molecule has 1 heterocycles. The molecule has 1 aliphatic heterocycles. The molecule has 1 atom stereocenters. The van der Waals surface area contributed by atoms with Crippen LogP contribution in [0.1, 0.15) is 34.5 Å². The van der Waals surface area contributed by atoms with Gasteiger partial charge in [-0.15, -0.1) is 0 Å². The molecular weight excluding hydrogens is 293 g/mol. The molecule has 0 radical (unpaired) electrons. The molecule has 1 aliphatic rings. The molecule has 1 unspecified atom stereocenters. The number of carbonyl (C=O) groups is 1. The second-order valence-electron chi connectivity index (χ2n) is 5.69. The van der Waals surface area contributed by atoms with Gasteiger partial charge in [0.05, 0.1) is 18.7 Å². The van der Waals surface area contributed by atoms with Crippen LogP contribution < -0.4 is 0 Å². The van der Waals surface area contributed by atoms with Crippen molar-refractivity contribution in [3.63, 3.8) is 0 Å². The van der Waals surface area contributed by atoms with Crippen LogP contribution in [0.5, 0.6) is 0 Å². The predicted molar refractivity (Wildman–Crippen MR) is 86.8 cm³/mol. The lowest BCUT2D eigenvalue weighted by Gasteiger charge is -2.33. The number of halogens is 1. The third-order valence-electron chi connectivity index (χ3n) is 4.22. The summed E-state index contributed by atoms with van der Waals surface area (Å²) in [7, 11) is 0. The van der Waals surface area contributed by atoms with Gasteiger partial charge in [-0.05, 0) is 29.7 Å². The molecule has 23 heavy (non-hydrogen) atoms. The topological polar surface area (TPSA) is 29.5 Å². The van der Waals surface area contributed by atoms with Crippen molar-refractivity contribution >= 4 is 5.91 Å². The van der Waals surface area contributed by atoms with Crippen LogP contribution in [0.4, 0.5) is 4.39 Å². The molecule has 3 nitrogen and oxygen atoms in total. The second-order valence-corrected chi connectivity index (χ2v) is 5.69. The molecule has 0 bridgehead atoms. The monoisotopic (exact) mass is 313 g/mol. The highest BCUT2D eigenvalue weighted by molar-refractivity contribution is 5.94. The van der Waals surface area contributed by atoms with Crippen molar-refractivity contribution in [1.29, 1.82) is 0 Å². The van der Waals surface area contributed by atoms with Gasteiger partial charge in [-0.3, -0.25) is 4.79 Å². The van der Waals surface area contributed by atoms with Crippen LogP contribution in [0.3, 0.4) is 0 Å². The average Bonchev–Trinajstić information content (AvgIpc) is 2.62. The van der Waals surface area contributed by atoms with Crippen molar-refractivity contribution in [2.75, 3.05) is 19.7 Å².